The molecule has 32 heavy (non-hydrogen) atoms. The lowest BCUT2D eigenvalue weighted by Gasteiger charge is -2.18. The van der Waals surface area contributed by atoms with Gasteiger partial charge in [0.05, 0.1) is 13.2 Å². The Morgan fingerprint density at radius 2 is 1.00 bits per heavy atom. The van der Waals surface area contributed by atoms with Crippen molar-refractivity contribution in [3.8, 4) is 0 Å². The van der Waals surface area contributed by atoms with E-state index < -0.39 is 28.4 Å². The summed E-state index contributed by atoms with van der Waals surface area (Å²) in [6.07, 6.45) is 19.0. The second-order valence-electron chi connectivity index (χ2n) is 8.38. The van der Waals surface area contributed by atoms with Gasteiger partial charge in [0.1, 0.15) is 6.10 Å². The Kier molecular flexibility index (Phi) is 20.7. The molecule has 194 valence electrons. The Balaban J connectivity index is 3.50. The zero-order chi connectivity index (χ0) is 24.1. The largest absolute Gasteiger partial charge is 0.470 e. The zero-order valence-corrected chi connectivity index (χ0v) is 21.5. The minimum absolute atomic E-state index is 0.218. The molecule has 0 aliphatic heterocycles. The van der Waals surface area contributed by atoms with Gasteiger partial charge in [0.25, 0.3) is 0 Å². The molecule has 1 unspecified atom stereocenters. The second-order valence-corrected chi connectivity index (χ2v) is 10.8. The van der Waals surface area contributed by atoms with Gasteiger partial charge in [-0.15, -0.1) is 0 Å². The summed E-state index contributed by atoms with van der Waals surface area (Å²) in [6.45, 7) is 1.74. The van der Waals surface area contributed by atoms with Gasteiger partial charge in [-0.3, -0.25) is 9.05 Å². The molecule has 0 saturated carbocycles. The SMILES string of the molecule is CCCCCCCCCCCCCCCCCCOCC(COP(=O)(O)O)OP(=O)(O)O. The number of rotatable bonds is 24. The predicted octanol–water partition coefficient (Wildman–Crippen LogP) is 5.85. The highest BCUT2D eigenvalue weighted by molar-refractivity contribution is 7.46. The molecule has 0 amide bonds. The van der Waals surface area contributed by atoms with Crippen LogP contribution in [0.2, 0.25) is 0 Å². The average molecular weight is 505 g/mol. The fourth-order valence-corrected chi connectivity index (χ4v) is 4.32. The molecular formula is C21H46O9P2. The number of phosphoric ester groups is 2. The number of hydrogen-bond acceptors (Lipinski definition) is 5. The Labute approximate surface area is 194 Å². The van der Waals surface area contributed by atoms with Crippen LogP contribution in [-0.2, 0) is 22.9 Å². The van der Waals surface area contributed by atoms with Crippen molar-refractivity contribution < 1.29 is 42.5 Å². The van der Waals surface area contributed by atoms with E-state index in [1.807, 2.05) is 0 Å². The monoisotopic (exact) mass is 504 g/mol. The first-order chi connectivity index (χ1) is 15.1. The maximum absolute atomic E-state index is 10.9. The Bertz CT molecular complexity index is 507. The van der Waals surface area contributed by atoms with Gasteiger partial charge in [-0.1, -0.05) is 103 Å². The Morgan fingerprint density at radius 1 is 0.594 bits per heavy atom. The third kappa shape index (κ3) is 26.4. The smallest absolute Gasteiger partial charge is 0.379 e. The molecule has 0 aromatic carbocycles. The van der Waals surface area contributed by atoms with Crippen molar-refractivity contribution in [2.45, 2.75) is 116 Å². The first-order valence-corrected chi connectivity index (χ1v) is 15.2. The minimum atomic E-state index is -4.81. The van der Waals surface area contributed by atoms with Crippen LogP contribution in [0.15, 0.2) is 0 Å². The van der Waals surface area contributed by atoms with Gasteiger partial charge in [0, 0.05) is 6.61 Å². The van der Waals surface area contributed by atoms with Crippen LogP contribution in [0, 0.1) is 0 Å². The molecular weight excluding hydrogens is 458 g/mol. The van der Waals surface area contributed by atoms with Crippen LogP contribution >= 0.6 is 15.6 Å². The normalized spacial score (nSPS) is 13.5. The molecule has 0 spiro atoms. The van der Waals surface area contributed by atoms with E-state index in [-0.39, 0.29) is 6.61 Å². The van der Waals surface area contributed by atoms with Crippen molar-refractivity contribution in [1.29, 1.82) is 0 Å². The lowest BCUT2D eigenvalue weighted by molar-refractivity contribution is 0.00360. The summed E-state index contributed by atoms with van der Waals surface area (Å²) in [6, 6.07) is 0. The maximum atomic E-state index is 10.9. The van der Waals surface area contributed by atoms with Crippen LogP contribution in [0.5, 0.6) is 0 Å². The van der Waals surface area contributed by atoms with Crippen LogP contribution < -0.4 is 0 Å². The molecule has 0 bridgehead atoms. The van der Waals surface area contributed by atoms with Crippen molar-refractivity contribution in [3.63, 3.8) is 0 Å². The zero-order valence-electron chi connectivity index (χ0n) is 19.7. The number of hydrogen-bond donors (Lipinski definition) is 4. The maximum Gasteiger partial charge on any atom is 0.470 e. The van der Waals surface area contributed by atoms with Gasteiger partial charge in [0.15, 0.2) is 0 Å². The fraction of sp³-hybridized carbons (Fsp3) is 1.00. The summed E-state index contributed by atoms with van der Waals surface area (Å²) < 4.78 is 35.7. The molecule has 0 aromatic rings. The molecule has 0 saturated heterocycles. The van der Waals surface area contributed by atoms with E-state index in [0.717, 1.165) is 19.3 Å². The van der Waals surface area contributed by atoms with Crippen LogP contribution in [-0.4, -0.2) is 45.5 Å². The van der Waals surface area contributed by atoms with Crippen LogP contribution in [0.1, 0.15) is 110 Å². The van der Waals surface area contributed by atoms with Crippen LogP contribution in [0.4, 0.5) is 0 Å². The Hall–Kier alpha value is 0.180. The van der Waals surface area contributed by atoms with Gasteiger partial charge in [-0.2, -0.15) is 0 Å². The summed E-state index contributed by atoms with van der Waals surface area (Å²) in [4.78, 5) is 35.1. The van der Waals surface area contributed by atoms with E-state index in [4.69, 9.17) is 24.3 Å². The highest BCUT2D eigenvalue weighted by atomic mass is 31.2. The van der Waals surface area contributed by atoms with Gasteiger partial charge < -0.3 is 24.3 Å². The van der Waals surface area contributed by atoms with E-state index in [2.05, 4.69) is 16.0 Å². The van der Waals surface area contributed by atoms with Crippen molar-refractivity contribution in [1.82, 2.24) is 0 Å². The molecule has 4 N–H and O–H groups in total. The molecule has 0 radical (unpaired) electrons. The van der Waals surface area contributed by atoms with E-state index in [9.17, 15) is 9.13 Å². The van der Waals surface area contributed by atoms with Gasteiger partial charge in [-0.05, 0) is 6.42 Å². The van der Waals surface area contributed by atoms with E-state index in [1.54, 1.807) is 0 Å². The third-order valence-corrected chi connectivity index (χ3v) is 6.22. The average Bonchev–Trinajstić information content (AvgIpc) is 2.69. The summed E-state index contributed by atoms with van der Waals surface area (Å²) >= 11 is 0. The topological polar surface area (TPSA) is 143 Å². The lowest BCUT2D eigenvalue weighted by atomic mass is 10.0. The molecule has 0 aromatic heterocycles. The molecule has 11 heteroatoms. The summed E-state index contributed by atoms with van der Waals surface area (Å²) in [7, 11) is -9.56. The number of ether oxygens (including phenoxy) is 1. The lowest BCUT2D eigenvalue weighted by Crippen LogP contribution is -2.24. The van der Waals surface area contributed by atoms with E-state index in [1.165, 1.54) is 83.5 Å². The second kappa shape index (κ2) is 20.5. The van der Waals surface area contributed by atoms with Gasteiger partial charge >= 0.3 is 15.6 Å². The summed E-state index contributed by atoms with van der Waals surface area (Å²) in [5, 5.41) is 0. The third-order valence-electron chi connectivity index (χ3n) is 5.16. The molecule has 0 rings (SSSR count). The Morgan fingerprint density at radius 3 is 1.38 bits per heavy atom. The quantitative estimate of drug-likeness (QED) is 0.0940. The molecule has 9 nitrogen and oxygen atoms in total. The van der Waals surface area contributed by atoms with Gasteiger partial charge in [-0.25, -0.2) is 9.13 Å². The predicted molar refractivity (Wildman–Crippen MR) is 125 cm³/mol. The highest BCUT2D eigenvalue weighted by Gasteiger charge is 2.26. The van der Waals surface area contributed by atoms with Crippen molar-refractivity contribution >= 4 is 15.6 Å². The van der Waals surface area contributed by atoms with Crippen LogP contribution in [0.3, 0.4) is 0 Å². The molecule has 0 aliphatic rings. The summed E-state index contributed by atoms with van der Waals surface area (Å²) in [5.74, 6) is 0. The first kappa shape index (κ1) is 32.2. The highest BCUT2D eigenvalue weighted by Crippen LogP contribution is 2.40. The molecule has 0 heterocycles. The van der Waals surface area contributed by atoms with E-state index in [0.29, 0.717) is 6.61 Å². The van der Waals surface area contributed by atoms with Crippen molar-refractivity contribution in [2.24, 2.45) is 0 Å². The molecule has 0 aliphatic carbocycles. The van der Waals surface area contributed by atoms with Crippen LogP contribution in [0.25, 0.3) is 0 Å². The van der Waals surface area contributed by atoms with Gasteiger partial charge in [0.2, 0.25) is 0 Å². The van der Waals surface area contributed by atoms with Crippen molar-refractivity contribution in [2.75, 3.05) is 19.8 Å². The number of phosphoric acid groups is 2. The minimum Gasteiger partial charge on any atom is -0.379 e. The number of unbranched alkanes of at least 4 members (excludes halogenated alkanes) is 15. The molecule has 0 fully saturated rings. The first-order valence-electron chi connectivity index (χ1n) is 12.2. The standard InChI is InChI=1S/C21H46O9P2/c1-2-3-4-5-6-7-8-9-10-11-12-13-14-15-16-17-18-28-19-21(30-32(25,26)27)20-29-31(22,23)24/h21H,2-20H2,1H3,(H2,22,23,24)(H2,25,26,27). The van der Waals surface area contributed by atoms with E-state index >= 15 is 0 Å². The molecule has 1 atom stereocenters. The fourth-order valence-electron chi connectivity index (χ4n) is 3.45. The summed E-state index contributed by atoms with van der Waals surface area (Å²) in [5.41, 5.74) is 0. The van der Waals surface area contributed by atoms with Crippen molar-refractivity contribution in [3.05, 3.63) is 0 Å².